The van der Waals surface area contributed by atoms with Crippen LogP contribution in [0.1, 0.15) is 367 Å². The smallest absolute Gasteiger partial charge is 0.463 e. The highest BCUT2D eigenvalue weighted by atomic mass is 31.2. The minimum Gasteiger partial charge on any atom is -0.463 e. The second kappa shape index (κ2) is 91.6. The Bertz CT molecular complexity index is 2940. The molecule has 0 saturated heterocycles. The van der Waals surface area contributed by atoms with Gasteiger partial charge in [-0.3, -0.25) is 32.5 Å². The molecule has 678 valence electrons. The van der Waals surface area contributed by atoms with E-state index in [1.165, 1.54) is 96.3 Å². The molecule has 0 aromatic heterocycles. The Morgan fingerprint density at radius 3 is 0.706 bits per heavy atom. The molecule has 0 heterocycles. The van der Waals surface area contributed by atoms with E-state index in [1.54, 1.807) is 0 Å². The number of aliphatic hydroxyl groups is 2. The summed E-state index contributed by atoms with van der Waals surface area (Å²) >= 11 is 0. The first-order valence-electron chi connectivity index (χ1n) is 46.7. The highest BCUT2D eigenvalue weighted by Gasteiger charge is 2.29. The minimum absolute atomic E-state index is 0.0842. The molecule has 0 radical (unpaired) electrons. The average Bonchev–Trinajstić information content (AvgIpc) is 0.911. The SMILES string of the molecule is CC/C=C\C/C=C\C/C=C\C/C=C\C/C=C\C/C=C\CCCCCCCCCCCCCCCCC(=O)OCC(O)COP(=O)(O)OCC(O)COP(=O)(O)OCC(COC(=O)CCCCCCCCCC/C=C\C/C=C\C/C=C\C/C=C\C/C=C\C/C=C\CC)OC(=O)CCCCCCCCC/C=C\C/C=C\C/C=C\C/C=C\CCCCC. The van der Waals surface area contributed by atoms with Crippen LogP contribution >= 0.6 is 15.6 Å². The normalized spacial score (nSPS) is 14.6. The maximum atomic E-state index is 13.1. The first kappa shape index (κ1) is 113. The van der Waals surface area contributed by atoms with Gasteiger partial charge in [-0.1, -0.05) is 376 Å². The van der Waals surface area contributed by atoms with Gasteiger partial charge in [0.05, 0.1) is 26.4 Å². The van der Waals surface area contributed by atoms with Crippen molar-refractivity contribution < 1.29 is 75.8 Å². The van der Waals surface area contributed by atoms with Crippen LogP contribution in [0.4, 0.5) is 0 Å². The van der Waals surface area contributed by atoms with E-state index < -0.39 is 91.5 Å². The molecule has 0 rings (SSSR count). The van der Waals surface area contributed by atoms with Crippen molar-refractivity contribution in [2.75, 3.05) is 39.6 Å². The molecular formula is C101H168O16P2. The van der Waals surface area contributed by atoms with E-state index in [9.17, 15) is 43.5 Å². The number of rotatable bonds is 87. The number of unbranched alkanes of at least 4 members (excludes halogenated alkanes) is 32. The van der Waals surface area contributed by atoms with Gasteiger partial charge in [-0.15, -0.1) is 0 Å². The van der Waals surface area contributed by atoms with E-state index in [0.29, 0.717) is 19.3 Å². The van der Waals surface area contributed by atoms with E-state index in [4.69, 9.17) is 32.3 Å². The van der Waals surface area contributed by atoms with Crippen molar-refractivity contribution in [3.8, 4) is 0 Å². The van der Waals surface area contributed by atoms with Crippen LogP contribution in [-0.2, 0) is 55.8 Å². The number of esters is 3. The molecule has 0 amide bonds. The van der Waals surface area contributed by atoms with Gasteiger partial charge in [0.1, 0.15) is 25.4 Å². The van der Waals surface area contributed by atoms with Gasteiger partial charge >= 0.3 is 33.6 Å². The Hall–Kier alpha value is -5.61. The number of phosphoric ester groups is 2. The zero-order valence-corrected chi connectivity index (χ0v) is 76.5. The standard InChI is InChI=1S/C101H168O16P2/c1-4-7-10-13-16-19-22-25-28-31-34-37-40-42-44-45-46-47-48-49-51-53-55-57-60-63-66-69-72-75-78-81-84-87-99(104)111-90-96(102)91-113-118(107,108)114-92-97(103)93-115-119(109,110)116-95-98(117-101(106)89-86-83-80-77-74-71-68-65-62-59-54-39-36-33-30-27-24-21-18-15-12-9-6-3)94-112-100(105)88-85-82-79-76-73-70-67-64-61-58-56-52-50-43-41-38-35-32-29-26-23-20-17-14-11-8-5-2/h7-8,10-11,16-21,25-30,34-39,42-44,46-47,50,56,58-59,62,96-98,102-103H,4-6,9,12-15,22-24,31-33,40-41,45,48-49,51-55,57,60-61,63-95H2,1-3H3,(H,107,108)(H,109,110)/b10-7-,11-8-,19-16-,20-17-,21-18-,28-25-,29-26-,30-27-,37-34-,38-35-,39-36-,44-42-,47-46-,50-43-,58-56-,62-59-. The Labute approximate surface area is 725 Å². The summed E-state index contributed by atoms with van der Waals surface area (Å²) in [5.41, 5.74) is 0. The fourth-order valence-corrected chi connectivity index (χ4v) is 13.9. The van der Waals surface area contributed by atoms with Gasteiger partial charge in [0.15, 0.2) is 6.10 Å². The second-order valence-electron chi connectivity index (χ2n) is 30.7. The Kier molecular flexibility index (Phi) is 87.3. The van der Waals surface area contributed by atoms with E-state index in [-0.39, 0.29) is 19.3 Å². The summed E-state index contributed by atoms with van der Waals surface area (Å²) in [6.45, 7) is 2.43. The topological polar surface area (TPSA) is 231 Å². The van der Waals surface area contributed by atoms with E-state index >= 15 is 0 Å². The van der Waals surface area contributed by atoms with Gasteiger partial charge in [-0.05, 0) is 167 Å². The summed E-state index contributed by atoms with van der Waals surface area (Å²) in [6, 6.07) is 0. The predicted molar refractivity (Wildman–Crippen MR) is 500 cm³/mol. The van der Waals surface area contributed by atoms with Gasteiger partial charge < -0.3 is 34.2 Å². The number of phosphoric acid groups is 2. The van der Waals surface area contributed by atoms with Crippen LogP contribution in [0.25, 0.3) is 0 Å². The van der Waals surface area contributed by atoms with Crippen LogP contribution in [0.2, 0.25) is 0 Å². The Balaban J connectivity index is 4.63. The third-order valence-electron chi connectivity index (χ3n) is 19.3. The van der Waals surface area contributed by atoms with Crippen molar-refractivity contribution in [3.63, 3.8) is 0 Å². The highest BCUT2D eigenvalue weighted by molar-refractivity contribution is 7.47. The van der Waals surface area contributed by atoms with Gasteiger partial charge in [0.2, 0.25) is 0 Å². The maximum absolute atomic E-state index is 13.1. The molecule has 0 aliphatic carbocycles. The van der Waals surface area contributed by atoms with Crippen molar-refractivity contribution in [1.29, 1.82) is 0 Å². The molecule has 18 heteroatoms. The summed E-state index contributed by atoms with van der Waals surface area (Å²) < 4.78 is 61.5. The molecule has 0 aromatic carbocycles. The van der Waals surface area contributed by atoms with Crippen LogP contribution in [0.5, 0.6) is 0 Å². The van der Waals surface area contributed by atoms with E-state index in [0.717, 1.165) is 212 Å². The van der Waals surface area contributed by atoms with Crippen molar-refractivity contribution in [2.45, 2.75) is 386 Å². The fourth-order valence-electron chi connectivity index (χ4n) is 12.3. The average molecular weight is 1700 g/mol. The number of hydrogen-bond acceptors (Lipinski definition) is 14. The quantitative estimate of drug-likeness (QED) is 0.0146. The summed E-state index contributed by atoms with van der Waals surface area (Å²) in [4.78, 5) is 59.0. The van der Waals surface area contributed by atoms with Gasteiger partial charge in [-0.25, -0.2) is 9.13 Å². The lowest BCUT2D eigenvalue weighted by atomic mass is 10.0. The third-order valence-corrected chi connectivity index (χ3v) is 21.2. The minimum atomic E-state index is -4.95. The Morgan fingerprint density at radius 1 is 0.244 bits per heavy atom. The maximum Gasteiger partial charge on any atom is 0.472 e. The summed E-state index contributed by atoms with van der Waals surface area (Å²) in [5, 5.41) is 20.7. The number of hydrogen-bond donors (Lipinski definition) is 4. The molecule has 0 spiro atoms. The number of allylic oxidation sites excluding steroid dienone is 32. The van der Waals surface area contributed by atoms with Gasteiger partial charge in [0.25, 0.3) is 0 Å². The van der Waals surface area contributed by atoms with Crippen molar-refractivity contribution in [2.24, 2.45) is 0 Å². The molecule has 0 fully saturated rings. The predicted octanol–water partition coefficient (Wildman–Crippen LogP) is 29.0. The first-order valence-corrected chi connectivity index (χ1v) is 49.7. The lowest BCUT2D eigenvalue weighted by Gasteiger charge is -2.21. The van der Waals surface area contributed by atoms with Crippen LogP contribution in [0, 0.1) is 0 Å². The van der Waals surface area contributed by atoms with Crippen molar-refractivity contribution in [1.82, 2.24) is 0 Å². The highest BCUT2D eigenvalue weighted by Crippen LogP contribution is 2.45. The molecule has 0 aliphatic heterocycles. The molecule has 119 heavy (non-hydrogen) atoms. The number of carbonyl (C=O) groups excluding carboxylic acids is 3. The van der Waals surface area contributed by atoms with Crippen LogP contribution in [0.15, 0.2) is 194 Å². The van der Waals surface area contributed by atoms with E-state index in [2.05, 4.69) is 215 Å². The number of ether oxygens (including phenoxy) is 3. The second-order valence-corrected chi connectivity index (χ2v) is 33.6. The van der Waals surface area contributed by atoms with Crippen LogP contribution in [-0.4, -0.2) is 95.9 Å². The summed E-state index contributed by atoms with van der Waals surface area (Å²) in [6.07, 6.45) is 122. The van der Waals surface area contributed by atoms with Gasteiger partial charge in [-0.2, -0.15) is 0 Å². The Morgan fingerprint density at radius 2 is 0.445 bits per heavy atom. The molecule has 4 N–H and O–H groups in total. The third kappa shape index (κ3) is 92.9. The fraction of sp³-hybridized carbons (Fsp3) is 0.653. The zero-order chi connectivity index (χ0) is 86.5. The zero-order valence-electron chi connectivity index (χ0n) is 74.7. The van der Waals surface area contributed by atoms with Crippen LogP contribution in [0.3, 0.4) is 0 Å². The lowest BCUT2D eigenvalue weighted by molar-refractivity contribution is -0.161. The largest absolute Gasteiger partial charge is 0.472 e. The molecule has 5 unspecified atom stereocenters. The number of carbonyl (C=O) groups is 3. The molecular weight excluding hydrogens is 1530 g/mol. The first-order chi connectivity index (χ1) is 58.2. The molecule has 0 bridgehead atoms. The summed E-state index contributed by atoms with van der Waals surface area (Å²) in [7, 11) is -9.83. The molecule has 0 aliphatic rings. The van der Waals surface area contributed by atoms with Crippen molar-refractivity contribution in [3.05, 3.63) is 194 Å². The molecule has 0 aromatic rings. The monoisotopic (exact) mass is 1700 g/mol. The number of aliphatic hydroxyl groups excluding tert-OH is 2. The molecule has 0 saturated carbocycles. The van der Waals surface area contributed by atoms with Crippen molar-refractivity contribution >= 4 is 33.6 Å². The van der Waals surface area contributed by atoms with Gasteiger partial charge in [0, 0.05) is 19.3 Å². The summed E-state index contributed by atoms with van der Waals surface area (Å²) in [5.74, 6) is -1.60. The van der Waals surface area contributed by atoms with E-state index in [1.807, 2.05) is 0 Å². The lowest BCUT2D eigenvalue weighted by Crippen LogP contribution is -2.30. The molecule has 5 atom stereocenters. The van der Waals surface area contributed by atoms with Crippen LogP contribution < -0.4 is 0 Å². The molecule has 16 nitrogen and oxygen atoms in total.